The molecule has 2 rings (SSSR count). The zero-order chi connectivity index (χ0) is 15.8. The second-order valence-corrected chi connectivity index (χ2v) is 5.71. The minimum Gasteiger partial charge on any atom is -0.492 e. The highest BCUT2D eigenvalue weighted by atomic mass is 16.5. The van der Waals surface area contributed by atoms with Gasteiger partial charge in [0.25, 0.3) is 0 Å². The first-order valence-electron chi connectivity index (χ1n) is 8.22. The number of benzene rings is 1. The molecule has 1 aliphatic rings. The fraction of sp³-hybridized carbons (Fsp3) is 0.556. The lowest BCUT2D eigenvalue weighted by atomic mass is 10.1. The summed E-state index contributed by atoms with van der Waals surface area (Å²) in [5, 5.41) is 10.0. The molecule has 1 aromatic rings. The summed E-state index contributed by atoms with van der Waals surface area (Å²) >= 11 is 0. The molecule has 0 aromatic heterocycles. The third kappa shape index (κ3) is 4.75. The minimum atomic E-state index is -0.250. The molecule has 1 aromatic carbocycles. The number of ether oxygens (including phenoxy) is 1. The third-order valence-electron chi connectivity index (χ3n) is 4.05. The smallest absolute Gasteiger partial charge is 0.142 e. The summed E-state index contributed by atoms with van der Waals surface area (Å²) in [5.74, 6) is 0.962. The van der Waals surface area contributed by atoms with E-state index in [4.69, 9.17) is 4.74 Å². The van der Waals surface area contributed by atoms with Gasteiger partial charge in [-0.25, -0.2) is 0 Å². The lowest BCUT2D eigenvalue weighted by Gasteiger charge is -2.37. The van der Waals surface area contributed by atoms with Crippen LogP contribution in [-0.4, -0.2) is 55.4 Å². The third-order valence-corrected chi connectivity index (χ3v) is 4.05. The van der Waals surface area contributed by atoms with Gasteiger partial charge in [-0.3, -0.25) is 4.90 Å². The molecule has 0 spiro atoms. The summed E-state index contributed by atoms with van der Waals surface area (Å²) in [6, 6.07) is 8.23. The highest BCUT2D eigenvalue weighted by Crippen LogP contribution is 2.28. The van der Waals surface area contributed by atoms with Crippen LogP contribution in [0.15, 0.2) is 36.9 Å². The standard InChI is InChI=1S/C18H28N2O2/c1-3-5-8-16(21)15-19-11-13-20(14-12-19)17-9-6-7-10-18(17)22-4-2/h3,6-7,9-10,16,21H,1,4-5,8,11-15H2,2H3. The van der Waals surface area contributed by atoms with Crippen molar-refractivity contribution in [1.82, 2.24) is 4.90 Å². The zero-order valence-electron chi connectivity index (χ0n) is 13.6. The zero-order valence-corrected chi connectivity index (χ0v) is 13.6. The van der Waals surface area contributed by atoms with Crippen molar-refractivity contribution in [2.45, 2.75) is 25.9 Å². The predicted molar refractivity (Wildman–Crippen MR) is 91.7 cm³/mol. The van der Waals surface area contributed by atoms with Crippen LogP contribution in [0.25, 0.3) is 0 Å². The van der Waals surface area contributed by atoms with E-state index in [1.807, 2.05) is 25.1 Å². The Hall–Kier alpha value is -1.52. The Morgan fingerprint density at radius 1 is 1.27 bits per heavy atom. The molecule has 22 heavy (non-hydrogen) atoms. The molecule has 1 aliphatic heterocycles. The molecule has 0 saturated carbocycles. The molecule has 0 amide bonds. The van der Waals surface area contributed by atoms with Gasteiger partial charge in [-0.2, -0.15) is 0 Å². The second-order valence-electron chi connectivity index (χ2n) is 5.71. The van der Waals surface area contributed by atoms with Gasteiger partial charge in [0.05, 0.1) is 18.4 Å². The quantitative estimate of drug-likeness (QED) is 0.749. The number of piperazine rings is 1. The van der Waals surface area contributed by atoms with Crippen LogP contribution in [0.1, 0.15) is 19.8 Å². The van der Waals surface area contributed by atoms with E-state index in [0.29, 0.717) is 6.61 Å². The molecule has 0 bridgehead atoms. The Kier molecular flexibility index (Phi) is 6.74. The Morgan fingerprint density at radius 3 is 2.68 bits per heavy atom. The van der Waals surface area contributed by atoms with Crippen LogP contribution in [0.3, 0.4) is 0 Å². The van der Waals surface area contributed by atoms with E-state index in [-0.39, 0.29) is 6.10 Å². The van der Waals surface area contributed by atoms with Crippen molar-refractivity contribution < 1.29 is 9.84 Å². The highest BCUT2D eigenvalue weighted by molar-refractivity contribution is 5.58. The van der Waals surface area contributed by atoms with Crippen LogP contribution in [0.5, 0.6) is 5.75 Å². The topological polar surface area (TPSA) is 35.9 Å². The van der Waals surface area contributed by atoms with E-state index in [1.54, 1.807) is 0 Å². The molecule has 0 radical (unpaired) electrons. The van der Waals surface area contributed by atoms with Crippen LogP contribution in [0.4, 0.5) is 5.69 Å². The Morgan fingerprint density at radius 2 is 2.00 bits per heavy atom. The second kappa shape index (κ2) is 8.81. The minimum absolute atomic E-state index is 0.250. The van der Waals surface area contributed by atoms with Gasteiger partial charge >= 0.3 is 0 Å². The van der Waals surface area contributed by atoms with Gasteiger partial charge in [-0.15, -0.1) is 6.58 Å². The van der Waals surface area contributed by atoms with Gasteiger partial charge in [0, 0.05) is 32.7 Å². The van der Waals surface area contributed by atoms with Crippen LogP contribution in [-0.2, 0) is 0 Å². The van der Waals surface area contributed by atoms with Crippen molar-refractivity contribution in [3.05, 3.63) is 36.9 Å². The maximum Gasteiger partial charge on any atom is 0.142 e. The van der Waals surface area contributed by atoms with Crippen molar-refractivity contribution in [3.8, 4) is 5.75 Å². The molecule has 1 unspecified atom stereocenters. The lowest BCUT2D eigenvalue weighted by Crippen LogP contribution is -2.48. The molecule has 1 N–H and O–H groups in total. The van der Waals surface area contributed by atoms with E-state index in [0.717, 1.165) is 51.3 Å². The largest absolute Gasteiger partial charge is 0.492 e. The molecule has 0 aliphatic carbocycles. The van der Waals surface area contributed by atoms with Gasteiger partial charge < -0.3 is 14.7 Å². The molecule has 122 valence electrons. The summed E-state index contributed by atoms with van der Waals surface area (Å²) in [6.07, 6.45) is 3.30. The first-order chi connectivity index (χ1) is 10.7. The van der Waals surface area contributed by atoms with E-state index < -0.39 is 0 Å². The molecule has 1 heterocycles. The van der Waals surface area contributed by atoms with Crippen molar-refractivity contribution in [1.29, 1.82) is 0 Å². The van der Waals surface area contributed by atoms with E-state index in [1.165, 1.54) is 5.69 Å². The molecule has 1 atom stereocenters. The van der Waals surface area contributed by atoms with Crippen LogP contribution < -0.4 is 9.64 Å². The summed E-state index contributed by atoms with van der Waals surface area (Å²) in [7, 11) is 0. The maximum absolute atomic E-state index is 10.0. The Balaban J connectivity index is 1.85. The van der Waals surface area contributed by atoms with Crippen molar-refractivity contribution >= 4 is 5.69 Å². The lowest BCUT2D eigenvalue weighted by molar-refractivity contribution is 0.103. The monoisotopic (exact) mass is 304 g/mol. The number of rotatable bonds is 8. The van der Waals surface area contributed by atoms with Gasteiger partial charge in [0.2, 0.25) is 0 Å². The van der Waals surface area contributed by atoms with Crippen LogP contribution in [0, 0.1) is 0 Å². The van der Waals surface area contributed by atoms with Crippen molar-refractivity contribution in [2.24, 2.45) is 0 Å². The summed E-state index contributed by atoms with van der Waals surface area (Å²) < 4.78 is 5.72. The first-order valence-corrected chi connectivity index (χ1v) is 8.22. The normalized spacial score (nSPS) is 17.3. The summed E-state index contributed by atoms with van der Waals surface area (Å²) in [4.78, 5) is 4.71. The number of aliphatic hydroxyl groups is 1. The Labute approximate surface area is 134 Å². The van der Waals surface area contributed by atoms with Gasteiger partial charge in [-0.1, -0.05) is 18.2 Å². The summed E-state index contributed by atoms with van der Waals surface area (Å²) in [6.45, 7) is 11.1. The molecule has 1 saturated heterocycles. The van der Waals surface area contributed by atoms with Gasteiger partial charge in [-0.05, 0) is 31.9 Å². The molecular formula is C18H28N2O2. The van der Waals surface area contributed by atoms with E-state index >= 15 is 0 Å². The van der Waals surface area contributed by atoms with Gasteiger partial charge in [0.1, 0.15) is 5.75 Å². The number of allylic oxidation sites excluding steroid dienone is 1. The predicted octanol–water partition coefficient (Wildman–Crippen LogP) is 2.53. The van der Waals surface area contributed by atoms with Crippen molar-refractivity contribution in [3.63, 3.8) is 0 Å². The number of hydrogen-bond donors (Lipinski definition) is 1. The van der Waals surface area contributed by atoms with Gasteiger partial charge in [0.15, 0.2) is 0 Å². The highest BCUT2D eigenvalue weighted by Gasteiger charge is 2.21. The molecule has 4 nitrogen and oxygen atoms in total. The van der Waals surface area contributed by atoms with E-state index in [2.05, 4.69) is 28.5 Å². The maximum atomic E-state index is 10.0. The van der Waals surface area contributed by atoms with Crippen LogP contribution in [0.2, 0.25) is 0 Å². The average molecular weight is 304 g/mol. The number of β-amino-alcohol motifs (C(OH)–C–C–N with tert-alkyl or cyclic N) is 1. The molecule has 4 heteroatoms. The molecule has 1 fully saturated rings. The average Bonchev–Trinajstić information content (AvgIpc) is 2.55. The number of anilines is 1. The number of nitrogens with zero attached hydrogens (tertiary/aromatic N) is 2. The number of para-hydroxylation sites is 2. The SMILES string of the molecule is C=CCCC(O)CN1CCN(c2ccccc2OCC)CC1. The van der Waals surface area contributed by atoms with Crippen molar-refractivity contribution in [2.75, 3.05) is 44.2 Å². The fourth-order valence-corrected chi connectivity index (χ4v) is 2.87. The number of aliphatic hydroxyl groups excluding tert-OH is 1. The van der Waals surface area contributed by atoms with Crippen LogP contribution >= 0.6 is 0 Å². The molecular weight excluding hydrogens is 276 g/mol. The summed E-state index contributed by atoms with van der Waals surface area (Å²) in [5.41, 5.74) is 1.18. The van der Waals surface area contributed by atoms with E-state index in [9.17, 15) is 5.11 Å². The fourth-order valence-electron chi connectivity index (χ4n) is 2.87. The first kappa shape index (κ1) is 16.8. The number of hydrogen-bond acceptors (Lipinski definition) is 4. The Bertz CT molecular complexity index is 456.